The van der Waals surface area contributed by atoms with E-state index in [0.717, 1.165) is 0 Å². The van der Waals surface area contributed by atoms with Crippen LogP contribution in [-0.4, -0.2) is 17.1 Å². The molecule has 1 aromatic rings. The lowest BCUT2D eigenvalue weighted by atomic mass is 10.1. The van der Waals surface area contributed by atoms with E-state index < -0.39 is 6.04 Å². The van der Waals surface area contributed by atoms with E-state index in [1.807, 2.05) is 13.8 Å². The fourth-order valence-electron chi connectivity index (χ4n) is 0.789. The van der Waals surface area contributed by atoms with Crippen LogP contribution in [0.2, 0.25) is 0 Å². The fraction of sp³-hybridized carbons (Fsp3) is 0.500. The van der Waals surface area contributed by atoms with E-state index in [2.05, 4.69) is 15.0 Å². The average Bonchev–Trinajstić information content (AvgIpc) is 2.55. The summed E-state index contributed by atoms with van der Waals surface area (Å²) in [5, 5.41) is 6.07. The van der Waals surface area contributed by atoms with Gasteiger partial charge in [0.05, 0.1) is 6.04 Å². The van der Waals surface area contributed by atoms with Gasteiger partial charge in [-0.15, -0.1) is 0 Å². The number of anilines is 1. The van der Waals surface area contributed by atoms with Gasteiger partial charge in [0, 0.05) is 6.07 Å². The summed E-state index contributed by atoms with van der Waals surface area (Å²) in [6.07, 6.45) is 1.39. The molecule has 1 amide bonds. The Morgan fingerprint density at radius 1 is 1.69 bits per heavy atom. The first-order valence-corrected chi connectivity index (χ1v) is 4.08. The van der Waals surface area contributed by atoms with E-state index in [-0.39, 0.29) is 11.8 Å². The summed E-state index contributed by atoms with van der Waals surface area (Å²) in [4.78, 5) is 11.3. The minimum absolute atomic E-state index is 0.104. The lowest BCUT2D eigenvalue weighted by molar-refractivity contribution is -0.118. The Kier molecular flexibility index (Phi) is 3.02. The number of rotatable bonds is 3. The molecule has 0 aliphatic rings. The number of carbonyl (C=O) groups excluding carboxylic acids is 1. The first-order chi connectivity index (χ1) is 6.11. The Hall–Kier alpha value is -1.36. The molecule has 1 heterocycles. The van der Waals surface area contributed by atoms with Crippen molar-refractivity contribution >= 4 is 11.7 Å². The van der Waals surface area contributed by atoms with Gasteiger partial charge < -0.3 is 15.6 Å². The Balaban J connectivity index is 2.51. The van der Waals surface area contributed by atoms with E-state index in [1.54, 1.807) is 6.07 Å². The van der Waals surface area contributed by atoms with Gasteiger partial charge in [-0.05, 0) is 5.92 Å². The van der Waals surface area contributed by atoms with E-state index in [4.69, 9.17) is 5.73 Å². The number of nitrogens with one attached hydrogen (secondary N) is 1. The van der Waals surface area contributed by atoms with Crippen molar-refractivity contribution in [2.45, 2.75) is 19.9 Å². The smallest absolute Gasteiger partial charge is 0.242 e. The van der Waals surface area contributed by atoms with Crippen molar-refractivity contribution < 1.29 is 9.32 Å². The lowest BCUT2D eigenvalue weighted by Gasteiger charge is -2.13. The summed E-state index contributed by atoms with van der Waals surface area (Å²) < 4.78 is 4.55. The highest BCUT2D eigenvalue weighted by atomic mass is 16.5. The van der Waals surface area contributed by atoms with Crippen LogP contribution in [-0.2, 0) is 4.79 Å². The SMILES string of the molecule is CC(C)[C@@H](N)C(=O)Nc1ccon1. The van der Waals surface area contributed by atoms with Crippen molar-refractivity contribution in [2.24, 2.45) is 11.7 Å². The molecule has 0 saturated heterocycles. The highest BCUT2D eigenvalue weighted by Gasteiger charge is 2.17. The normalized spacial score (nSPS) is 12.9. The molecule has 0 aromatic carbocycles. The van der Waals surface area contributed by atoms with Crippen LogP contribution in [0.15, 0.2) is 16.9 Å². The molecule has 0 bridgehead atoms. The molecule has 5 heteroatoms. The second kappa shape index (κ2) is 4.04. The van der Waals surface area contributed by atoms with Crippen molar-refractivity contribution in [3.05, 3.63) is 12.3 Å². The Morgan fingerprint density at radius 2 is 2.38 bits per heavy atom. The zero-order valence-corrected chi connectivity index (χ0v) is 7.65. The maximum absolute atomic E-state index is 11.3. The molecule has 13 heavy (non-hydrogen) atoms. The maximum atomic E-state index is 11.3. The second-order valence-electron chi connectivity index (χ2n) is 3.14. The van der Waals surface area contributed by atoms with Crippen LogP contribution in [0.25, 0.3) is 0 Å². The summed E-state index contributed by atoms with van der Waals surface area (Å²) in [6, 6.07) is 1.04. The highest BCUT2D eigenvalue weighted by molar-refractivity contribution is 5.93. The molecule has 0 aliphatic carbocycles. The van der Waals surface area contributed by atoms with Gasteiger partial charge in [0.2, 0.25) is 5.91 Å². The predicted molar refractivity (Wildman–Crippen MR) is 47.9 cm³/mol. The maximum Gasteiger partial charge on any atom is 0.242 e. The number of hydrogen-bond acceptors (Lipinski definition) is 4. The zero-order valence-electron chi connectivity index (χ0n) is 7.65. The van der Waals surface area contributed by atoms with Gasteiger partial charge in [-0.2, -0.15) is 0 Å². The summed E-state index contributed by atoms with van der Waals surface area (Å²) in [5.41, 5.74) is 5.61. The third-order valence-corrected chi connectivity index (χ3v) is 1.71. The van der Waals surface area contributed by atoms with Gasteiger partial charge in [-0.3, -0.25) is 4.79 Å². The van der Waals surface area contributed by atoms with Crippen molar-refractivity contribution in [1.29, 1.82) is 0 Å². The number of carbonyl (C=O) groups is 1. The monoisotopic (exact) mass is 183 g/mol. The predicted octanol–water partition coefficient (Wildman–Crippen LogP) is 0.596. The number of nitrogens with two attached hydrogens (primary N) is 1. The largest absolute Gasteiger partial charge is 0.363 e. The number of hydrogen-bond donors (Lipinski definition) is 2. The van der Waals surface area contributed by atoms with Gasteiger partial charge >= 0.3 is 0 Å². The van der Waals surface area contributed by atoms with E-state index >= 15 is 0 Å². The molecule has 5 nitrogen and oxygen atoms in total. The molecule has 1 atom stereocenters. The molecule has 1 rings (SSSR count). The molecule has 0 radical (unpaired) electrons. The van der Waals surface area contributed by atoms with Crippen LogP contribution < -0.4 is 11.1 Å². The van der Waals surface area contributed by atoms with E-state index in [0.29, 0.717) is 5.82 Å². The first-order valence-electron chi connectivity index (χ1n) is 4.08. The van der Waals surface area contributed by atoms with Gasteiger partial charge in [0.1, 0.15) is 6.26 Å². The average molecular weight is 183 g/mol. The van der Waals surface area contributed by atoms with Crippen molar-refractivity contribution in [2.75, 3.05) is 5.32 Å². The van der Waals surface area contributed by atoms with Crippen molar-refractivity contribution in [3.63, 3.8) is 0 Å². The quantitative estimate of drug-likeness (QED) is 0.718. The molecule has 0 fully saturated rings. The lowest BCUT2D eigenvalue weighted by Crippen LogP contribution is -2.39. The van der Waals surface area contributed by atoms with Crippen LogP contribution in [0.1, 0.15) is 13.8 Å². The summed E-state index contributed by atoms with van der Waals surface area (Å²) in [6.45, 7) is 3.76. The van der Waals surface area contributed by atoms with Crippen molar-refractivity contribution in [3.8, 4) is 0 Å². The van der Waals surface area contributed by atoms with Crippen molar-refractivity contribution in [1.82, 2.24) is 5.16 Å². The molecule has 0 aliphatic heterocycles. The topological polar surface area (TPSA) is 81.2 Å². The standard InChI is InChI=1S/C8H13N3O2/c1-5(2)7(9)8(12)10-6-3-4-13-11-6/h3-5,7H,9H2,1-2H3,(H,10,11,12)/t7-/m1/s1. The first kappa shape index (κ1) is 9.73. The highest BCUT2D eigenvalue weighted by Crippen LogP contribution is 2.04. The Bertz CT molecular complexity index is 269. The molecule has 3 N–H and O–H groups in total. The molecule has 1 aromatic heterocycles. The molecule has 0 spiro atoms. The van der Waals surface area contributed by atoms with Crippen LogP contribution in [0, 0.1) is 5.92 Å². The van der Waals surface area contributed by atoms with E-state index in [9.17, 15) is 4.79 Å². The second-order valence-corrected chi connectivity index (χ2v) is 3.14. The summed E-state index contributed by atoms with van der Waals surface area (Å²) in [5.74, 6) is 0.247. The van der Waals surface area contributed by atoms with Gasteiger partial charge in [0.25, 0.3) is 0 Å². The number of aromatic nitrogens is 1. The molecular formula is C8H13N3O2. The van der Waals surface area contributed by atoms with Gasteiger partial charge in [-0.25, -0.2) is 0 Å². The Labute approximate surface area is 76.3 Å². The molecular weight excluding hydrogens is 170 g/mol. The Morgan fingerprint density at radius 3 is 2.85 bits per heavy atom. The summed E-state index contributed by atoms with van der Waals surface area (Å²) >= 11 is 0. The number of amides is 1. The summed E-state index contributed by atoms with van der Waals surface area (Å²) in [7, 11) is 0. The minimum Gasteiger partial charge on any atom is -0.363 e. The van der Waals surface area contributed by atoms with Gasteiger partial charge in [0.15, 0.2) is 5.82 Å². The minimum atomic E-state index is -0.517. The van der Waals surface area contributed by atoms with E-state index in [1.165, 1.54) is 6.26 Å². The fourth-order valence-corrected chi connectivity index (χ4v) is 0.789. The third-order valence-electron chi connectivity index (χ3n) is 1.71. The third kappa shape index (κ3) is 2.55. The molecule has 72 valence electrons. The molecule has 0 saturated carbocycles. The van der Waals surface area contributed by atoms with Gasteiger partial charge in [-0.1, -0.05) is 19.0 Å². The van der Waals surface area contributed by atoms with Crippen LogP contribution in [0.3, 0.4) is 0 Å². The zero-order chi connectivity index (χ0) is 9.84. The number of nitrogens with zero attached hydrogens (tertiary/aromatic N) is 1. The van der Waals surface area contributed by atoms with Crippen LogP contribution >= 0.6 is 0 Å². The van der Waals surface area contributed by atoms with Crippen LogP contribution in [0.5, 0.6) is 0 Å². The van der Waals surface area contributed by atoms with Crippen LogP contribution in [0.4, 0.5) is 5.82 Å². The molecule has 0 unspecified atom stereocenters.